The van der Waals surface area contributed by atoms with Gasteiger partial charge in [0.05, 0.1) is 17.0 Å². The summed E-state index contributed by atoms with van der Waals surface area (Å²) in [5.41, 5.74) is 0.857. The van der Waals surface area contributed by atoms with Crippen molar-refractivity contribution in [3.8, 4) is 0 Å². The molecule has 0 bridgehead atoms. The van der Waals surface area contributed by atoms with Crippen molar-refractivity contribution < 1.29 is 13.2 Å². The largest absolute Gasteiger partial charge is 0.326 e. The fourth-order valence-corrected chi connectivity index (χ4v) is 2.66. The van der Waals surface area contributed by atoms with Gasteiger partial charge in [0.1, 0.15) is 0 Å². The molecule has 0 saturated heterocycles. The normalized spacial score (nSPS) is 21.8. The smallest absolute Gasteiger partial charge is 0.229 e. The zero-order valence-electron chi connectivity index (χ0n) is 10.6. The molecular weight excluding hydrogens is 288 g/mol. The van der Waals surface area contributed by atoms with Gasteiger partial charge in [0, 0.05) is 11.6 Å². The van der Waals surface area contributed by atoms with Crippen LogP contribution >= 0.6 is 11.6 Å². The fourth-order valence-electron chi connectivity index (χ4n) is 1.80. The Balaban J connectivity index is 2.08. The summed E-state index contributed by atoms with van der Waals surface area (Å²) in [6.45, 7) is 2.02. The summed E-state index contributed by atoms with van der Waals surface area (Å²) >= 11 is 5.96. The van der Waals surface area contributed by atoms with E-state index in [1.54, 1.807) is 6.07 Å². The number of nitrogens with one attached hydrogen (secondary N) is 2. The third kappa shape index (κ3) is 3.84. The van der Waals surface area contributed by atoms with E-state index in [1.165, 1.54) is 12.1 Å². The summed E-state index contributed by atoms with van der Waals surface area (Å²) in [7, 11) is -3.37. The van der Waals surface area contributed by atoms with E-state index in [0.717, 1.165) is 12.7 Å². The summed E-state index contributed by atoms with van der Waals surface area (Å²) in [5, 5.41) is 3.01. The van der Waals surface area contributed by atoms with Crippen molar-refractivity contribution in [2.75, 3.05) is 16.3 Å². The van der Waals surface area contributed by atoms with Gasteiger partial charge in [-0.15, -0.1) is 0 Å². The summed E-state index contributed by atoms with van der Waals surface area (Å²) in [6.07, 6.45) is 1.96. The molecule has 1 aliphatic carbocycles. The molecule has 0 spiro atoms. The maximum absolute atomic E-state index is 11.7. The molecule has 2 atom stereocenters. The van der Waals surface area contributed by atoms with Crippen LogP contribution in [0.4, 0.5) is 11.4 Å². The van der Waals surface area contributed by atoms with Gasteiger partial charge in [0.25, 0.3) is 0 Å². The molecule has 1 fully saturated rings. The summed E-state index contributed by atoms with van der Waals surface area (Å²) < 4.78 is 24.5. The van der Waals surface area contributed by atoms with Crippen LogP contribution < -0.4 is 10.0 Å². The van der Waals surface area contributed by atoms with Gasteiger partial charge in [-0.1, -0.05) is 18.5 Å². The van der Waals surface area contributed by atoms with E-state index in [-0.39, 0.29) is 16.8 Å². The third-order valence-electron chi connectivity index (χ3n) is 2.98. The highest BCUT2D eigenvalue weighted by Gasteiger charge is 2.39. The number of hydrogen-bond acceptors (Lipinski definition) is 3. The van der Waals surface area contributed by atoms with E-state index >= 15 is 0 Å². The number of halogens is 1. The zero-order valence-corrected chi connectivity index (χ0v) is 12.2. The highest BCUT2D eigenvalue weighted by atomic mass is 35.5. The Hall–Kier alpha value is -1.27. The Morgan fingerprint density at radius 3 is 2.53 bits per heavy atom. The zero-order chi connectivity index (χ0) is 14.2. The number of anilines is 2. The number of carbonyl (C=O) groups is 1. The molecule has 1 aromatic carbocycles. The Kier molecular flexibility index (Phi) is 3.73. The van der Waals surface area contributed by atoms with Crippen LogP contribution in [0.25, 0.3) is 0 Å². The average molecular weight is 303 g/mol. The highest BCUT2D eigenvalue weighted by Crippen LogP contribution is 2.38. The van der Waals surface area contributed by atoms with Crippen molar-refractivity contribution in [1.82, 2.24) is 0 Å². The van der Waals surface area contributed by atoms with Crippen molar-refractivity contribution in [3.05, 3.63) is 23.2 Å². The quantitative estimate of drug-likeness (QED) is 0.896. The van der Waals surface area contributed by atoms with Gasteiger partial charge in [-0.2, -0.15) is 0 Å². The van der Waals surface area contributed by atoms with Crippen LogP contribution in [0, 0.1) is 11.8 Å². The molecule has 0 heterocycles. The number of rotatable bonds is 4. The molecular formula is C12H15ClN2O3S. The first-order chi connectivity index (χ1) is 8.76. The second-order valence-corrected chi connectivity index (χ2v) is 7.03. The fraction of sp³-hybridized carbons (Fsp3) is 0.417. The minimum absolute atomic E-state index is 0.0209. The van der Waals surface area contributed by atoms with Gasteiger partial charge >= 0.3 is 0 Å². The van der Waals surface area contributed by atoms with Crippen LogP contribution in [-0.4, -0.2) is 20.6 Å². The molecule has 0 aromatic heterocycles. The second-order valence-electron chi connectivity index (χ2n) is 4.88. The maximum Gasteiger partial charge on any atom is 0.229 e. The Labute approximate surface area is 117 Å². The second kappa shape index (κ2) is 5.02. The van der Waals surface area contributed by atoms with Gasteiger partial charge in [-0.3, -0.25) is 9.52 Å². The van der Waals surface area contributed by atoms with Crippen molar-refractivity contribution in [2.45, 2.75) is 13.3 Å². The molecule has 19 heavy (non-hydrogen) atoms. The van der Waals surface area contributed by atoms with Gasteiger partial charge in [0.2, 0.25) is 15.9 Å². The van der Waals surface area contributed by atoms with Gasteiger partial charge in [-0.25, -0.2) is 8.42 Å². The topological polar surface area (TPSA) is 75.3 Å². The van der Waals surface area contributed by atoms with Crippen LogP contribution in [-0.2, 0) is 14.8 Å². The molecule has 1 amide bonds. The predicted molar refractivity (Wildman–Crippen MR) is 75.8 cm³/mol. The Morgan fingerprint density at radius 1 is 1.42 bits per heavy atom. The lowest BCUT2D eigenvalue weighted by Crippen LogP contribution is -2.15. The van der Waals surface area contributed by atoms with Gasteiger partial charge in [-0.05, 0) is 30.5 Å². The van der Waals surface area contributed by atoms with E-state index < -0.39 is 10.0 Å². The van der Waals surface area contributed by atoms with Crippen LogP contribution in [0.5, 0.6) is 0 Å². The molecule has 1 aliphatic rings. The van der Waals surface area contributed by atoms with Crippen molar-refractivity contribution >= 4 is 38.9 Å². The molecule has 104 valence electrons. The van der Waals surface area contributed by atoms with Gasteiger partial charge < -0.3 is 5.32 Å². The molecule has 2 rings (SSSR count). The van der Waals surface area contributed by atoms with Crippen LogP contribution in [0.15, 0.2) is 18.2 Å². The Bertz CT molecular complexity index is 615. The van der Waals surface area contributed by atoms with E-state index in [0.29, 0.717) is 17.3 Å². The number of carbonyl (C=O) groups excluding carboxylic acids is 1. The molecule has 2 N–H and O–H groups in total. The molecule has 1 aromatic rings. The van der Waals surface area contributed by atoms with Crippen molar-refractivity contribution in [3.63, 3.8) is 0 Å². The molecule has 5 nitrogen and oxygen atoms in total. The lowest BCUT2D eigenvalue weighted by atomic mass is 10.2. The highest BCUT2D eigenvalue weighted by molar-refractivity contribution is 7.92. The van der Waals surface area contributed by atoms with Crippen molar-refractivity contribution in [2.24, 2.45) is 11.8 Å². The minimum Gasteiger partial charge on any atom is -0.326 e. The summed E-state index contributed by atoms with van der Waals surface area (Å²) in [6, 6.07) is 4.67. The average Bonchev–Trinajstić information content (AvgIpc) is 2.98. The first-order valence-corrected chi connectivity index (χ1v) is 8.11. The SMILES string of the molecule is C[C@H]1C[C@@H]1C(=O)Nc1ccc(NS(C)(=O)=O)c(Cl)c1. The molecule has 0 radical (unpaired) electrons. The van der Waals surface area contributed by atoms with E-state index in [1.807, 2.05) is 6.92 Å². The lowest BCUT2D eigenvalue weighted by Gasteiger charge is -2.09. The van der Waals surface area contributed by atoms with E-state index in [2.05, 4.69) is 10.0 Å². The van der Waals surface area contributed by atoms with Crippen molar-refractivity contribution in [1.29, 1.82) is 0 Å². The number of hydrogen-bond donors (Lipinski definition) is 2. The van der Waals surface area contributed by atoms with Crippen LogP contribution in [0.2, 0.25) is 5.02 Å². The molecule has 0 aliphatic heterocycles. The first kappa shape index (κ1) is 14.1. The molecule has 1 saturated carbocycles. The number of amides is 1. The predicted octanol–water partition coefficient (Wildman–Crippen LogP) is 2.31. The first-order valence-electron chi connectivity index (χ1n) is 5.84. The summed E-state index contributed by atoms with van der Waals surface area (Å²) in [4.78, 5) is 11.7. The van der Waals surface area contributed by atoms with Crippen LogP contribution in [0.1, 0.15) is 13.3 Å². The van der Waals surface area contributed by atoms with E-state index in [4.69, 9.17) is 11.6 Å². The lowest BCUT2D eigenvalue weighted by molar-refractivity contribution is -0.117. The number of benzene rings is 1. The van der Waals surface area contributed by atoms with Gasteiger partial charge in [0.15, 0.2) is 0 Å². The summed E-state index contributed by atoms with van der Waals surface area (Å²) in [5.74, 6) is 0.488. The number of sulfonamides is 1. The van der Waals surface area contributed by atoms with Crippen LogP contribution in [0.3, 0.4) is 0 Å². The van der Waals surface area contributed by atoms with E-state index in [9.17, 15) is 13.2 Å². The standard InChI is InChI=1S/C12H15ClN2O3S/c1-7-5-9(7)12(16)14-8-3-4-11(10(13)6-8)15-19(2,17)18/h3-4,6-7,9,15H,5H2,1-2H3,(H,14,16)/t7-,9-/m0/s1. The molecule has 7 heteroatoms. The molecule has 0 unspecified atom stereocenters. The Morgan fingerprint density at radius 2 is 2.05 bits per heavy atom. The third-order valence-corrected chi connectivity index (χ3v) is 3.88. The minimum atomic E-state index is -3.37. The monoisotopic (exact) mass is 302 g/mol. The maximum atomic E-state index is 11.7.